The first-order valence-electron chi connectivity index (χ1n) is 7.91. The van der Waals surface area contributed by atoms with E-state index in [4.69, 9.17) is 5.73 Å². The molecule has 24 heavy (non-hydrogen) atoms. The Balaban J connectivity index is 1.68. The minimum Gasteiger partial charge on any atom is -0.366 e. The first-order valence-corrected chi connectivity index (χ1v) is 7.91. The predicted molar refractivity (Wildman–Crippen MR) is 90.5 cm³/mol. The van der Waals surface area contributed by atoms with Gasteiger partial charge in [-0.2, -0.15) is 5.10 Å². The maximum atomic E-state index is 11.2. The third kappa shape index (κ3) is 2.58. The molecule has 7 heteroatoms. The van der Waals surface area contributed by atoms with E-state index in [1.54, 1.807) is 23.1 Å². The normalized spacial score (nSPS) is 14.0. The Labute approximate surface area is 139 Å². The number of carbonyl (C=O) groups is 1. The molecule has 0 atom stereocenters. The number of fused-ring (bicyclic) bond motifs is 1. The van der Waals surface area contributed by atoms with E-state index in [9.17, 15) is 4.79 Å². The van der Waals surface area contributed by atoms with Crippen molar-refractivity contribution < 1.29 is 4.79 Å². The van der Waals surface area contributed by atoms with Crippen molar-refractivity contribution in [2.45, 2.75) is 25.4 Å². The second kappa shape index (κ2) is 5.59. The third-order valence-corrected chi connectivity index (χ3v) is 4.36. The Morgan fingerprint density at radius 2 is 2.04 bits per heavy atom. The molecule has 4 rings (SSSR count). The van der Waals surface area contributed by atoms with Gasteiger partial charge in [0.2, 0.25) is 5.91 Å². The summed E-state index contributed by atoms with van der Waals surface area (Å²) in [5.41, 5.74) is 7.77. The summed E-state index contributed by atoms with van der Waals surface area (Å²) in [7, 11) is 1.88. The van der Waals surface area contributed by atoms with E-state index in [0.717, 1.165) is 41.8 Å². The summed E-state index contributed by atoms with van der Waals surface area (Å²) in [6, 6.07) is 7.90. The molecule has 1 saturated carbocycles. The molecule has 0 saturated heterocycles. The topological polar surface area (TPSA) is 89.9 Å². The van der Waals surface area contributed by atoms with Crippen LogP contribution < -0.4 is 10.6 Å². The van der Waals surface area contributed by atoms with Crippen LogP contribution in [0.15, 0.2) is 36.8 Å². The number of benzene rings is 1. The Hall–Kier alpha value is -2.96. The molecule has 1 aliphatic carbocycles. The Morgan fingerprint density at radius 3 is 2.71 bits per heavy atom. The van der Waals surface area contributed by atoms with E-state index in [1.165, 1.54) is 0 Å². The van der Waals surface area contributed by atoms with Gasteiger partial charge < -0.3 is 10.6 Å². The zero-order chi connectivity index (χ0) is 16.7. The molecular formula is C17H18N6O. The van der Waals surface area contributed by atoms with Crippen molar-refractivity contribution >= 4 is 22.8 Å². The van der Waals surface area contributed by atoms with Gasteiger partial charge in [-0.3, -0.25) is 9.48 Å². The molecule has 122 valence electrons. The first kappa shape index (κ1) is 14.6. The second-order valence-electron chi connectivity index (χ2n) is 6.12. The molecule has 0 bridgehead atoms. The van der Waals surface area contributed by atoms with Crippen LogP contribution in [0.4, 0.5) is 5.82 Å². The van der Waals surface area contributed by atoms with Gasteiger partial charge in [0.05, 0.1) is 11.6 Å². The number of primary amides is 1. The highest BCUT2D eigenvalue weighted by Gasteiger charge is 2.31. The highest BCUT2D eigenvalue weighted by molar-refractivity contribution is 5.92. The summed E-state index contributed by atoms with van der Waals surface area (Å²) >= 11 is 0. The minimum absolute atomic E-state index is 0.409. The first-order chi connectivity index (χ1) is 11.6. The summed E-state index contributed by atoms with van der Waals surface area (Å²) in [5, 5.41) is 5.25. The van der Waals surface area contributed by atoms with Gasteiger partial charge >= 0.3 is 0 Å². The number of hydrogen-bond acceptors (Lipinski definition) is 5. The van der Waals surface area contributed by atoms with Crippen molar-refractivity contribution in [2.24, 2.45) is 12.8 Å². The van der Waals surface area contributed by atoms with Crippen molar-refractivity contribution in [1.29, 1.82) is 0 Å². The molecule has 2 N–H and O–H groups in total. The third-order valence-electron chi connectivity index (χ3n) is 4.36. The van der Waals surface area contributed by atoms with Crippen LogP contribution in [-0.2, 0) is 13.6 Å². The number of anilines is 1. The molecule has 1 amide bonds. The summed E-state index contributed by atoms with van der Waals surface area (Å²) in [5.74, 6) is 0.503. The number of aromatic nitrogens is 4. The van der Waals surface area contributed by atoms with Gasteiger partial charge in [0.25, 0.3) is 0 Å². The number of hydrogen-bond donors (Lipinski definition) is 1. The average Bonchev–Trinajstić information content (AvgIpc) is 3.36. The zero-order valence-corrected chi connectivity index (χ0v) is 13.4. The van der Waals surface area contributed by atoms with Crippen LogP contribution >= 0.6 is 0 Å². The van der Waals surface area contributed by atoms with Gasteiger partial charge in [-0.1, -0.05) is 12.1 Å². The number of carbonyl (C=O) groups excluding carboxylic acids is 1. The van der Waals surface area contributed by atoms with Crippen LogP contribution in [-0.4, -0.2) is 31.7 Å². The number of nitrogens with two attached hydrogens (primary N) is 1. The molecular weight excluding hydrogens is 304 g/mol. The van der Waals surface area contributed by atoms with E-state index in [0.29, 0.717) is 11.6 Å². The van der Waals surface area contributed by atoms with Gasteiger partial charge in [-0.25, -0.2) is 9.97 Å². The Kier molecular flexibility index (Phi) is 3.41. The van der Waals surface area contributed by atoms with Crippen LogP contribution in [0, 0.1) is 0 Å². The van der Waals surface area contributed by atoms with E-state index in [1.807, 2.05) is 25.4 Å². The molecule has 1 aromatic carbocycles. The van der Waals surface area contributed by atoms with Gasteiger partial charge in [0.15, 0.2) is 5.65 Å². The number of rotatable bonds is 5. The Morgan fingerprint density at radius 1 is 1.29 bits per heavy atom. The van der Waals surface area contributed by atoms with E-state index < -0.39 is 5.91 Å². The van der Waals surface area contributed by atoms with E-state index in [-0.39, 0.29) is 0 Å². The number of amides is 1. The van der Waals surface area contributed by atoms with Crippen LogP contribution in [0.25, 0.3) is 11.0 Å². The summed E-state index contributed by atoms with van der Waals surface area (Å²) in [6.07, 6.45) is 5.72. The lowest BCUT2D eigenvalue weighted by Gasteiger charge is -2.24. The van der Waals surface area contributed by atoms with Crippen LogP contribution in [0.5, 0.6) is 0 Å². The van der Waals surface area contributed by atoms with Crippen LogP contribution in [0.2, 0.25) is 0 Å². The molecule has 7 nitrogen and oxygen atoms in total. The molecule has 0 aliphatic heterocycles. The highest BCUT2D eigenvalue weighted by Crippen LogP contribution is 2.35. The summed E-state index contributed by atoms with van der Waals surface area (Å²) < 4.78 is 1.76. The molecule has 0 radical (unpaired) electrons. The van der Waals surface area contributed by atoms with Gasteiger partial charge in [-0.05, 0) is 30.5 Å². The highest BCUT2D eigenvalue weighted by atomic mass is 16.1. The zero-order valence-electron chi connectivity index (χ0n) is 13.4. The van der Waals surface area contributed by atoms with Crippen molar-refractivity contribution in [1.82, 2.24) is 19.7 Å². The lowest BCUT2D eigenvalue weighted by atomic mass is 10.1. The standard InChI is InChI=1S/C17H18N6O/c1-22-16-14(8-21-22)17(20-10-19-16)23(13-6-7-13)9-11-2-4-12(5-3-11)15(18)24/h2-5,8,10,13H,6-7,9H2,1H3,(H2,18,24). The molecule has 2 aromatic heterocycles. The number of aryl methyl sites for hydroxylation is 1. The molecule has 1 fully saturated rings. The average molecular weight is 322 g/mol. The lowest BCUT2D eigenvalue weighted by Crippen LogP contribution is -2.26. The fraction of sp³-hybridized carbons (Fsp3) is 0.294. The van der Waals surface area contributed by atoms with Gasteiger partial charge in [0.1, 0.15) is 12.1 Å². The summed E-state index contributed by atoms with van der Waals surface area (Å²) in [6.45, 7) is 0.727. The monoisotopic (exact) mass is 322 g/mol. The quantitative estimate of drug-likeness (QED) is 0.771. The van der Waals surface area contributed by atoms with E-state index >= 15 is 0 Å². The SMILES string of the molecule is Cn1ncc2c(N(Cc3ccc(C(N)=O)cc3)C3CC3)ncnc21. The number of nitrogens with zero attached hydrogens (tertiary/aromatic N) is 5. The summed E-state index contributed by atoms with van der Waals surface area (Å²) in [4.78, 5) is 22.3. The fourth-order valence-electron chi connectivity index (χ4n) is 2.91. The van der Waals surface area contributed by atoms with Crippen LogP contribution in [0.1, 0.15) is 28.8 Å². The predicted octanol–water partition coefficient (Wildman–Crippen LogP) is 1.63. The maximum Gasteiger partial charge on any atom is 0.248 e. The largest absolute Gasteiger partial charge is 0.366 e. The van der Waals surface area contributed by atoms with Crippen molar-refractivity contribution in [3.8, 4) is 0 Å². The van der Waals surface area contributed by atoms with Crippen molar-refractivity contribution in [2.75, 3.05) is 4.90 Å². The van der Waals surface area contributed by atoms with Crippen LogP contribution in [0.3, 0.4) is 0 Å². The molecule has 2 heterocycles. The molecule has 0 spiro atoms. The van der Waals surface area contributed by atoms with E-state index in [2.05, 4.69) is 20.0 Å². The minimum atomic E-state index is -0.409. The molecule has 1 aliphatic rings. The lowest BCUT2D eigenvalue weighted by molar-refractivity contribution is 0.100. The van der Waals surface area contributed by atoms with Gasteiger partial charge in [0, 0.05) is 25.2 Å². The fourth-order valence-corrected chi connectivity index (χ4v) is 2.91. The Bertz CT molecular complexity index is 897. The van der Waals surface area contributed by atoms with Gasteiger partial charge in [-0.15, -0.1) is 0 Å². The smallest absolute Gasteiger partial charge is 0.248 e. The molecule has 0 unspecified atom stereocenters. The van der Waals surface area contributed by atoms with Crippen molar-refractivity contribution in [3.63, 3.8) is 0 Å². The second-order valence-corrected chi connectivity index (χ2v) is 6.12. The molecule has 3 aromatic rings. The van der Waals surface area contributed by atoms with Crippen molar-refractivity contribution in [3.05, 3.63) is 47.9 Å². The maximum absolute atomic E-state index is 11.2.